The van der Waals surface area contributed by atoms with Gasteiger partial charge < -0.3 is 18.9 Å². The van der Waals surface area contributed by atoms with Gasteiger partial charge in [0.25, 0.3) is 0 Å². The molecule has 2 saturated heterocycles. The van der Waals surface area contributed by atoms with Crippen LogP contribution in [0.25, 0.3) is 0 Å². The van der Waals surface area contributed by atoms with E-state index in [0.717, 1.165) is 14.2 Å². The summed E-state index contributed by atoms with van der Waals surface area (Å²) in [6.45, 7) is 0.170. The number of hydrogen-bond donors (Lipinski definition) is 0. The normalized spacial score (nSPS) is 24.5. The van der Waals surface area contributed by atoms with E-state index in [1.807, 2.05) is 34.1 Å². The average Bonchev–Trinajstić information content (AvgIpc) is 3.08. The van der Waals surface area contributed by atoms with Gasteiger partial charge in [0.2, 0.25) is 17.0 Å². The number of piperidine rings is 2. The molecule has 4 aromatic rings. The molecular weight excluding hydrogens is 592 g/mol. The van der Waals surface area contributed by atoms with Gasteiger partial charge in [-0.1, -0.05) is 24.3 Å². The number of hydrogen-bond acceptors (Lipinski definition) is 13. The fourth-order valence-electron chi connectivity index (χ4n) is 6.56. The van der Waals surface area contributed by atoms with Crippen molar-refractivity contribution >= 4 is 18.1 Å². The Hall–Kier alpha value is -5.27. The van der Waals surface area contributed by atoms with Gasteiger partial charge in [0.15, 0.2) is 0 Å². The van der Waals surface area contributed by atoms with Crippen molar-refractivity contribution < 1.29 is 33.3 Å². The molecule has 2 fully saturated rings. The molecule has 4 atom stereocenters. The van der Waals surface area contributed by atoms with E-state index >= 15 is 4.79 Å². The van der Waals surface area contributed by atoms with E-state index < -0.39 is 41.4 Å². The summed E-state index contributed by atoms with van der Waals surface area (Å²) in [5, 5.41) is 0. The van der Waals surface area contributed by atoms with Crippen LogP contribution >= 0.6 is 0 Å². The maximum Gasteiger partial charge on any atom is 0.509 e. The number of carbonyl (C=O) groups excluding carboxylic acids is 3. The molecule has 0 radical (unpaired) electrons. The van der Waals surface area contributed by atoms with Crippen LogP contribution in [0.5, 0.6) is 0 Å². The molecule has 13 nitrogen and oxygen atoms in total. The lowest BCUT2D eigenvalue weighted by molar-refractivity contribution is -0.230. The minimum absolute atomic E-state index is 0.0985. The summed E-state index contributed by atoms with van der Waals surface area (Å²) >= 11 is 0. The first-order valence-electron chi connectivity index (χ1n) is 14.6. The number of Topliss-reactive ketones (excluding diaryl/α,β-unsaturated/α-hetero) is 1. The highest BCUT2D eigenvalue weighted by Crippen LogP contribution is 2.55. The summed E-state index contributed by atoms with van der Waals surface area (Å²) in [5.41, 5.74) is -1.80. The van der Waals surface area contributed by atoms with Gasteiger partial charge in [-0.05, 0) is 48.5 Å². The minimum atomic E-state index is -2.00. The molecule has 0 N–H and O–H groups in total. The van der Waals surface area contributed by atoms with Gasteiger partial charge in [0.05, 0.1) is 37.0 Å². The average molecular weight is 625 g/mol. The number of likely N-dealkylation sites (tertiary alicyclic amines) is 2. The first-order valence-corrected chi connectivity index (χ1v) is 14.6. The number of pyridine rings is 4. The Morgan fingerprint density at radius 3 is 1.50 bits per heavy atom. The molecule has 2 aliphatic heterocycles. The maximum absolute atomic E-state index is 15.3. The largest absolute Gasteiger partial charge is 0.509 e. The van der Waals surface area contributed by atoms with Gasteiger partial charge in [0, 0.05) is 51.0 Å². The van der Waals surface area contributed by atoms with Crippen molar-refractivity contribution in [1.82, 2.24) is 29.7 Å². The Kier molecular flexibility index (Phi) is 8.68. The molecule has 0 saturated carbocycles. The van der Waals surface area contributed by atoms with E-state index in [9.17, 15) is 9.59 Å². The Bertz CT molecular complexity index is 1590. The Labute approximate surface area is 265 Å². The lowest BCUT2D eigenvalue weighted by atomic mass is 9.65. The van der Waals surface area contributed by atoms with Crippen LogP contribution in [0.1, 0.15) is 34.9 Å². The van der Waals surface area contributed by atoms with Crippen molar-refractivity contribution in [2.24, 2.45) is 0 Å². The summed E-state index contributed by atoms with van der Waals surface area (Å²) in [5.74, 6) is -0.656. The molecule has 0 aromatic carbocycles. The number of ketones is 1. The van der Waals surface area contributed by atoms with Gasteiger partial charge >= 0.3 is 12.3 Å². The lowest BCUT2D eigenvalue weighted by Crippen LogP contribution is -2.79. The Morgan fingerprint density at radius 2 is 1.11 bits per heavy atom. The van der Waals surface area contributed by atoms with E-state index in [0.29, 0.717) is 22.8 Å². The molecular formula is C33H32N6O7. The summed E-state index contributed by atoms with van der Waals surface area (Å²) in [6.07, 6.45) is 4.34. The third kappa shape index (κ3) is 5.66. The van der Waals surface area contributed by atoms with Crippen molar-refractivity contribution in [3.63, 3.8) is 0 Å². The van der Waals surface area contributed by atoms with Crippen LogP contribution in [0.15, 0.2) is 97.6 Å². The van der Waals surface area contributed by atoms with Crippen LogP contribution < -0.4 is 0 Å². The highest BCUT2D eigenvalue weighted by molar-refractivity contribution is 6.01. The molecule has 4 unspecified atom stereocenters. The SMILES string of the molecule is COC(=O)OC12CN(Cc3ccccn3)CC(OC(=O)OC)(C1=O)C(c1ccccn1)N(Cc1ccccn1)C2c1ccccn1. The zero-order chi connectivity index (χ0) is 32.1. The van der Waals surface area contributed by atoms with E-state index in [2.05, 4.69) is 19.9 Å². The van der Waals surface area contributed by atoms with Gasteiger partial charge in [-0.3, -0.25) is 34.5 Å². The number of methoxy groups -OCH3 is 2. The summed E-state index contributed by atoms with van der Waals surface area (Å²) in [4.78, 5) is 63.7. The Balaban J connectivity index is 1.65. The third-order valence-corrected chi connectivity index (χ3v) is 8.21. The third-order valence-electron chi connectivity index (χ3n) is 8.21. The van der Waals surface area contributed by atoms with E-state index in [4.69, 9.17) is 18.9 Å². The highest BCUT2D eigenvalue weighted by Gasteiger charge is 2.74. The molecule has 13 heteroatoms. The van der Waals surface area contributed by atoms with Crippen LogP contribution in [0, 0.1) is 0 Å². The smallest absolute Gasteiger partial charge is 0.438 e. The second-order valence-corrected chi connectivity index (χ2v) is 11.0. The van der Waals surface area contributed by atoms with Crippen LogP contribution in [-0.4, -0.2) is 86.3 Å². The number of nitrogens with zero attached hydrogens (tertiary/aromatic N) is 6. The van der Waals surface area contributed by atoms with E-state index in [-0.39, 0.29) is 26.2 Å². The topological polar surface area (TPSA) is 146 Å². The van der Waals surface area contributed by atoms with Crippen LogP contribution in [-0.2, 0) is 36.8 Å². The van der Waals surface area contributed by atoms with Crippen molar-refractivity contribution in [2.75, 3.05) is 27.3 Å². The number of aromatic nitrogens is 4. The molecule has 236 valence electrons. The first kappa shape index (κ1) is 30.7. The van der Waals surface area contributed by atoms with Gasteiger partial charge in [-0.25, -0.2) is 9.59 Å². The summed E-state index contributed by atoms with van der Waals surface area (Å²) < 4.78 is 22.2. The van der Waals surface area contributed by atoms with Crippen LogP contribution in [0.2, 0.25) is 0 Å². The summed E-state index contributed by atoms with van der Waals surface area (Å²) in [6, 6.07) is 19.5. The van der Waals surface area contributed by atoms with Gasteiger partial charge in [-0.2, -0.15) is 0 Å². The number of fused-ring (bicyclic) bond motifs is 2. The van der Waals surface area contributed by atoms with Gasteiger partial charge in [0.1, 0.15) is 12.1 Å². The molecule has 6 rings (SSSR count). The molecule has 4 aromatic heterocycles. The van der Waals surface area contributed by atoms with Crippen LogP contribution in [0.3, 0.4) is 0 Å². The molecule has 0 spiro atoms. The molecule has 6 heterocycles. The fraction of sp³-hybridized carbons (Fsp3) is 0.303. The van der Waals surface area contributed by atoms with Crippen molar-refractivity contribution in [2.45, 2.75) is 36.4 Å². The predicted molar refractivity (Wildman–Crippen MR) is 161 cm³/mol. The van der Waals surface area contributed by atoms with Crippen molar-refractivity contribution in [1.29, 1.82) is 0 Å². The summed E-state index contributed by atoms with van der Waals surface area (Å²) in [7, 11) is 2.33. The molecule has 0 aliphatic carbocycles. The minimum Gasteiger partial charge on any atom is -0.438 e. The number of rotatable bonds is 8. The second kappa shape index (κ2) is 13.0. The highest BCUT2D eigenvalue weighted by atomic mass is 16.7. The maximum atomic E-state index is 15.3. The first-order chi connectivity index (χ1) is 22.4. The number of ether oxygens (including phenoxy) is 4. The zero-order valence-electron chi connectivity index (χ0n) is 25.3. The fourth-order valence-corrected chi connectivity index (χ4v) is 6.56. The monoisotopic (exact) mass is 624 g/mol. The zero-order valence-corrected chi connectivity index (χ0v) is 25.3. The molecule has 2 aliphatic rings. The van der Waals surface area contributed by atoms with Gasteiger partial charge in [-0.15, -0.1) is 0 Å². The number of carbonyl (C=O) groups is 3. The standard InChI is InChI=1S/C33H32N6O7/c1-43-30(41)45-32-21-38(19-23-11-3-7-15-34-23)22-33(29(32)40,46-31(42)44-2)28(26-14-6-10-18-37-26)39(20-24-12-4-8-16-35-24)27(32)25-13-5-9-17-36-25/h3-18,27-28H,19-22H2,1-2H3. The second-order valence-electron chi connectivity index (χ2n) is 11.0. The molecule has 0 amide bonds. The predicted octanol–water partition coefficient (Wildman–Crippen LogP) is 3.69. The molecule has 2 bridgehead atoms. The Morgan fingerprint density at radius 1 is 0.674 bits per heavy atom. The van der Waals surface area contributed by atoms with Crippen molar-refractivity contribution in [3.05, 3.63) is 120 Å². The van der Waals surface area contributed by atoms with Crippen molar-refractivity contribution in [3.8, 4) is 0 Å². The van der Waals surface area contributed by atoms with Crippen LogP contribution in [0.4, 0.5) is 9.59 Å². The quantitative estimate of drug-likeness (QED) is 0.263. The lowest BCUT2D eigenvalue weighted by Gasteiger charge is -2.61. The van der Waals surface area contributed by atoms with E-state index in [1.165, 1.54) is 0 Å². The molecule has 46 heavy (non-hydrogen) atoms. The van der Waals surface area contributed by atoms with E-state index in [1.54, 1.807) is 73.3 Å².